The van der Waals surface area contributed by atoms with Gasteiger partial charge in [-0.05, 0) is 26.7 Å². The zero-order valence-corrected chi connectivity index (χ0v) is 12.0. The Morgan fingerprint density at radius 1 is 1.30 bits per heavy atom. The number of piperidine rings is 1. The molecule has 0 radical (unpaired) electrons. The van der Waals surface area contributed by atoms with Crippen molar-refractivity contribution in [3.8, 4) is 0 Å². The van der Waals surface area contributed by atoms with E-state index in [4.69, 9.17) is 0 Å². The van der Waals surface area contributed by atoms with Crippen molar-refractivity contribution < 1.29 is 19.8 Å². The molecular formula is C13H23N3O4. The van der Waals surface area contributed by atoms with Crippen molar-refractivity contribution in [1.29, 1.82) is 0 Å². The Labute approximate surface area is 118 Å². The van der Waals surface area contributed by atoms with E-state index in [1.54, 1.807) is 13.8 Å². The van der Waals surface area contributed by atoms with Gasteiger partial charge in [0.1, 0.15) is 5.54 Å². The molecule has 7 heteroatoms. The summed E-state index contributed by atoms with van der Waals surface area (Å²) in [5.41, 5.74) is -0.897. The van der Waals surface area contributed by atoms with Crippen LogP contribution in [-0.4, -0.2) is 75.9 Å². The maximum atomic E-state index is 12.0. The van der Waals surface area contributed by atoms with Crippen LogP contribution >= 0.6 is 0 Å². The van der Waals surface area contributed by atoms with Crippen LogP contribution in [0.5, 0.6) is 0 Å². The molecule has 0 aliphatic carbocycles. The summed E-state index contributed by atoms with van der Waals surface area (Å²) in [5, 5.41) is 22.1. The summed E-state index contributed by atoms with van der Waals surface area (Å²) >= 11 is 0. The first-order chi connectivity index (χ1) is 9.29. The Hall–Kier alpha value is -1.18. The van der Waals surface area contributed by atoms with E-state index in [9.17, 15) is 19.8 Å². The highest BCUT2D eigenvalue weighted by Gasteiger charge is 2.44. The monoisotopic (exact) mass is 285 g/mol. The number of urea groups is 1. The summed E-state index contributed by atoms with van der Waals surface area (Å²) < 4.78 is 0. The van der Waals surface area contributed by atoms with Crippen LogP contribution in [0.4, 0.5) is 4.79 Å². The Morgan fingerprint density at radius 3 is 2.40 bits per heavy atom. The quantitative estimate of drug-likeness (QED) is 0.584. The number of β-amino-alcohol motifs (C(OH)–C–C–N with tert-alkyl or cyclic N) is 1. The summed E-state index contributed by atoms with van der Waals surface area (Å²) in [5.74, 6) is -0.310. The van der Waals surface area contributed by atoms with Gasteiger partial charge in [-0.2, -0.15) is 0 Å². The van der Waals surface area contributed by atoms with Crippen molar-refractivity contribution in [2.24, 2.45) is 0 Å². The molecule has 3 amide bonds. The average molecular weight is 285 g/mol. The van der Waals surface area contributed by atoms with Gasteiger partial charge in [0.15, 0.2) is 0 Å². The van der Waals surface area contributed by atoms with Gasteiger partial charge < -0.3 is 20.4 Å². The fourth-order valence-electron chi connectivity index (χ4n) is 2.65. The molecule has 114 valence electrons. The number of aliphatic hydroxyl groups is 2. The third-order valence-electron chi connectivity index (χ3n) is 3.86. The summed E-state index contributed by atoms with van der Waals surface area (Å²) in [6.07, 6.45) is 0.371. The van der Waals surface area contributed by atoms with Crippen molar-refractivity contribution in [1.82, 2.24) is 15.1 Å². The van der Waals surface area contributed by atoms with Crippen LogP contribution in [-0.2, 0) is 4.79 Å². The number of carbonyl (C=O) groups excluding carboxylic acids is 2. The molecule has 0 saturated carbocycles. The van der Waals surface area contributed by atoms with Gasteiger partial charge in [-0.3, -0.25) is 9.69 Å². The number of aliphatic hydroxyl groups excluding tert-OH is 2. The van der Waals surface area contributed by atoms with Crippen molar-refractivity contribution in [2.75, 3.05) is 26.2 Å². The van der Waals surface area contributed by atoms with E-state index in [0.717, 1.165) is 18.0 Å². The van der Waals surface area contributed by atoms with Gasteiger partial charge in [-0.25, -0.2) is 4.79 Å². The fourth-order valence-corrected chi connectivity index (χ4v) is 2.65. The number of nitrogens with zero attached hydrogens (tertiary/aromatic N) is 2. The van der Waals surface area contributed by atoms with Gasteiger partial charge in [0, 0.05) is 19.6 Å². The number of carbonyl (C=O) groups is 2. The predicted molar refractivity (Wildman–Crippen MR) is 72.0 cm³/mol. The molecule has 0 unspecified atom stereocenters. The third kappa shape index (κ3) is 3.28. The molecule has 1 atom stereocenters. The lowest BCUT2D eigenvalue weighted by Crippen LogP contribution is -2.46. The smallest absolute Gasteiger partial charge is 0.325 e. The van der Waals surface area contributed by atoms with Crippen LogP contribution in [0, 0.1) is 0 Å². The molecule has 2 aliphatic heterocycles. The number of amides is 3. The maximum Gasteiger partial charge on any atom is 0.325 e. The first kappa shape index (κ1) is 15.2. The standard InChI is InChI=1S/C13H23N3O4/c1-13(2)11(19)16(12(20)14-13)8-10(18)7-15-5-3-9(17)4-6-15/h9-10,17-18H,3-8H2,1-2H3,(H,14,20)/t10-/m0/s1. The minimum absolute atomic E-state index is 0.00709. The van der Waals surface area contributed by atoms with Crippen molar-refractivity contribution in [3.63, 3.8) is 0 Å². The van der Waals surface area contributed by atoms with Crippen LogP contribution < -0.4 is 5.32 Å². The third-order valence-corrected chi connectivity index (χ3v) is 3.86. The highest BCUT2D eigenvalue weighted by molar-refractivity contribution is 6.06. The average Bonchev–Trinajstić information content (AvgIpc) is 2.55. The Morgan fingerprint density at radius 2 is 1.90 bits per heavy atom. The number of hydrogen-bond acceptors (Lipinski definition) is 5. The highest BCUT2D eigenvalue weighted by Crippen LogP contribution is 2.17. The number of imide groups is 1. The molecule has 7 nitrogen and oxygen atoms in total. The van der Waals surface area contributed by atoms with Crippen LogP contribution in [0.2, 0.25) is 0 Å². The van der Waals surface area contributed by atoms with Crippen molar-refractivity contribution in [3.05, 3.63) is 0 Å². The van der Waals surface area contributed by atoms with E-state index in [2.05, 4.69) is 5.32 Å². The fraction of sp³-hybridized carbons (Fsp3) is 0.846. The van der Waals surface area contributed by atoms with E-state index >= 15 is 0 Å². The molecule has 0 aromatic heterocycles. The molecule has 0 spiro atoms. The maximum absolute atomic E-state index is 12.0. The lowest BCUT2D eigenvalue weighted by Gasteiger charge is -2.31. The molecule has 2 saturated heterocycles. The van der Waals surface area contributed by atoms with Gasteiger partial charge >= 0.3 is 6.03 Å². The number of likely N-dealkylation sites (tertiary alicyclic amines) is 1. The molecular weight excluding hydrogens is 262 g/mol. The summed E-state index contributed by atoms with van der Waals surface area (Å²) in [4.78, 5) is 26.8. The lowest BCUT2D eigenvalue weighted by atomic mass is 10.1. The lowest BCUT2D eigenvalue weighted by molar-refractivity contribution is -0.131. The predicted octanol–water partition coefficient (Wildman–Crippen LogP) is -0.866. The van der Waals surface area contributed by atoms with Crippen LogP contribution in [0.3, 0.4) is 0 Å². The van der Waals surface area contributed by atoms with Crippen molar-refractivity contribution in [2.45, 2.75) is 44.4 Å². The summed E-state index contributed by atoms with van der Waals surface area (Å²) in [7, 11) is 0. The summed E-state index contributed by atoms with van der Waals surface area (Å²) in [6, 6.07) is -0.451. The molecule has 2 fully saturated rings. The minimum atomic E-state index is -0.897. The number of hydrogen-bond donors (Lipinski definition) is 3. The summed E-state index contributed by atoms with van der Waals surface area (Å²) in [6.45, 7) is 5.16. The van der Waals surface area contributed by atoms with Gasteiger partial charge in [-0.15, -0.1) is 0 Å². The van der Waals surface area contributed by atoms with Gasteiger partial charge in [0.25, 0.3) is 5.91 Å². The van der Waals surface area contributed by atoms with Gasteiger partial charge in [0.05, 0.1) is 18.8 Å². The molecule has 2 rings (SSSR count). The molecule has 2 aliphatic rings. The minimum Gasteiger partial charge on any atom is -0.393 e. The Bertz CT molecular complexity index is 391. The van der Waals surface area contributed by atoms with E-state index in [1.807, 2.05) is 4.90 Å². The number of nitrogens with one attached hydrogen (secondary N) is 1. The van der Waals surface area contributed by atoms with E-state index in [-0.39, 0.29) is 18.6 Å². The van der Waals surface area contributed by atoms with Gasteiger partial charge in [0.2, 0.25) is 0 Å². The second-order valence-electron chi connectivity index (χ2n) is 6.16. The normalized spacial score (nSPS) is 25.9. The highest BCUT2D eigenvalue weighted by atomic mass is 16.3. The zero-order chi connectivity index (χ0) is 14.9. The SMILES string of the molecule is CC1(C)NC(=O)N(C[C@@H](O)CN2CCC(O)CC2)C1=O. The topological polar surface area (TPSA) is 93.1 Å². The van der Waals surface area contributed by atoms with E-state index < -0.39 is 17.7 Å². The molecule has 0 bridgehead atoms. The Balaban J connectivity index is 1.84. The van der Waals surface area contributed by atoms with E-state index in [0.29, 0.717) is 19.4 Å². The molecule has 0 aromatic rings. The largest absolute Gasteiger partial charge is 0.393 e. The molecule has 0 aromatic carbocycles. The zero-order valence-electron chi connectivity index (χ0n) is 12.0. The molecule has 2 heterocycles. The second kappa shape index (κ2) is 5.67. The number of rotatable bonds is 4. The Kier molecular flexibility index (Phi) is 4.31. The first-order valence-electron chi connectivity index (χ1n) is 7.02. The van der Waals surface area contributed by atoms with Crippen LogP contribution in [0.15, 0.2) is 0 Å². The first-order valence-corrected chi connectivity index (χ1v) is 7.02. The van der Waals surface area contributed by atoms with E-state index in [1.165, 1.54) is 0 Å². The van der Waals surface area contributed by atoms with Crippen molar-refractivity contribution >= 4 is 11.9 Å². The van der Waals surface area contributed by atoms with Crippen LogP contribution in [0.25, 0.3) is 0 Å². The van der Waals surface area contributed by atoms with Crippen LogP contribution in [0.1, 0.15) is 26.7 Å². The molecule has 20 heavy (non-hydrogen) atoms. The van der Waals surface area contributed by atoms with Gasteiger partial charge in [-0.1, -0.05) is 0 Å². The molecule has 3 N–H and O–H groups in total. The second-order valence-corrected chi connectivity index (χ2v) is 6.16.